The van der Waals surface area contributed by atoms with Gasteiger partial charge in [-0.15, -0.1) is 0 Å². The summed E-state index contributed by atoms with van der Waals surface area (Å²) in [6.45, 7) is 6.91. The zero-order valence-electron chi connectivity index (χ0n) is 15.0. The predicted molar refractivity (Wildman–Crippen MR) is 102 cm³/mol. The Balaban J connectivity index is 1.61. The zero-order chi connectivity index (χ0) is 17.6. The van der Waals surface area contributed by atoms with Crippen molar-refractivity contribution in [2.75, 3.05) is 29.9 Å². The molecule has 0 amide bonds. The second-order valence-corrected chi connectivity index (χ2v) is 6.01. The van der Waals surface area contributed by atoms with Crippen molar-refractivity contribution in [3.05, 3.63) is 54.5 Å². The van der Waals surface area contributed by atoms with Gasteiger partial charge < -0.3 is 10.2 Å². The van der Waals surface area contributed by atoms with E-state index in [1.807, 2.05) is 25.5 Å². The Morgan fingerprint density at radius 2 is 2.12 bits per heavy atom. The van der Waals surface area contributed by atoms with Crippen LogP contribution in [-0.2, 0) is 7.05 Å². The second kappa shape index (κ2) is 7.79. The quantitative estimate of drug-likeness (QED) is 0.718. The van der Waals surface area contributed by atoms with Gasteiger partial charge in [-0.3, -0.25) is 4.68 Å². The summed E-state index contributed by atoms with van der Waals surface area (Å²) < 4.78 is 1.77. The Labute approximate surface area is 148 Å². The third-order valence-corrected chi connectivity index (χ3v) is 4.07. The molecule has 0 spiro atoms. The molecule has 0 atom stereocenters. The van der Waals surface area contributed by atoms with Crippen LogP contribution in [0.25, 0.3) is 11.3 Å². The Morgan fingerprint density at radius 3 is 2.84 bits per heavy atom. The Kier molecular flexibility index (Phi) is 5.28. The number of nitrogens with zero attached hydrogens (tertiary/aromatic N) is 5. The van der Waals surface area contributed by atoms with Gasteiger partial charge >= 0.3 is 0 Å². The molecule has 3 rings (SSSR count). The summed E-state index contributed by atoms with van der Waals surface area (Å²) in [4.78, 5) is 11.2. The first kappa shape index (κ1) is 17.0. The number of hydrogen-bond acceptors (Lipinski definition) is 5. The molecule has 0 bridgehead atoms. The maximum absolute atomic E-state index is 4.57. The molecule has 2 aromatic heterocycles. The lowest BCUT2D eigenvalue weighted by Crippen LogP contribution is -2.29. The molecule has 0 aliphatic carbocycles. The van der Waals surface area contributed by atoms with Gasteiger partial charge in [-0.25, -0.2) is 9.97 Å². The SMILES string of the molecule is CCN(CCNc1nccc(-c2cnn(C)c2)n1)c1cccc(C)c1. The van der Waals surface area contributed by atoms with Crippen molar-refractivity contribution in [1.82, 2.24) is 19.7 Å². The van der Waals surface area contributed by atoms with Crippen LogP contribution in [0.4, 0.5) is 11.6 Å². The monoisotopic (exact) mass is 336 g/mol. The van der Waals surface area contributed by atoms with Crippen molar-refractivity contribution in [1.29, 1.82) is 0 Å². The molecule has 6 heteroatoms. The van der Waals surface area contributed by atoms with Gasteiger partial charge in [0.1, 0.15) is 0 Å². The van der Waals surface area contributed by atoms with Crippen LogP contribution in [0, 0.1) is 6.92 Å². The first-order valence-corrected chi connectivity index (χ1v) is 8.53. The summed E-state index contributed by atoms with van der Waals surface area (Å²) >= 11 is 0. The number of hydrogen-bond donors (Lipinski definition) is 1. The maximum atomic E-state index is 4.57. The molecule has 3 aromatic rings. The Bertz CT molecular complexity index is 826. The fourth-order valence-electron chi connectivity index (χ4n) is 2.76. The van der Waals surface area contributed by atoms with Crippen molar-refractivity contribution in [3.63, 3.8) is 0 Å². The normalized spacial score (nSPS) is 10.7. The van der Waals surface area contributed by atoms with E-state index in [0.29, 0.717) is 5.95 Å². The highest BCUT2D eigenvalue weighted by molar-refractivity contribution is 5.57. The van der Waals surface area contributed by atoms with Gasteiger partial charge in [-0.05, 0) is 37.6 Å². The highest BCUT2D eigenvalue weighted by Gasteiger charge is 2.06. The minimum Gasteiger partial charge on any atom is -0.370 e. The third-order valence-electron chi connectivity index (χ3n) is 4.07. The van der Waals surface area contributed by atoms with Gasteiger partial charge in [0.05, 0.1) is 11.9 Å². The lowest BCUT2D eigenvalue weighted by atomic mass is 10.2. The molecule has 0 saturated heterocycles. The van der Waals surface area contributed by atoms with E-state index in [9.17, 15) is 0 Å². The van der Waals surface area contributed by atoms with E-state index in [-0.39, 0.29) is 0 Å². The predicted octanol–water partition coefficient (Wildman–Crippen LogP) is 3.12. The van der Waals surface area contributed by atoms with Crippen LogP contribution in [0.15, 0.2) is 48.9 Å². The lowest BCUT2D eigenvalue weighted by molar-refractivity contribution is 0.768. The molecule has 2 heterocycles. The molecule has 0 fully saturated rings. The van der Waals surface area contributed by atoms with E-state index in [4.69, 9.17) is 0 Å². The lowest BCUT2D eigenvalue weighted by Gasteiger charge is -2.23. The molecule has 1 N–H and O–H groups in total. The van der Waals surface area contributed by atoms with E-state index in [0.717, 1.165) is 30.9 Å². The van der Waals surface area contributed by atoms with Crippen LogP contribution >= 0.6 is 0 Å². The number of aromatic nitrogens is 4. The molecule has 1 aromatic carbocycles. The minimum atomic E-state index is 0.640. The van der Waals surface area contributed by atoms with E-state index < -0.39 is 0 Å². The average Bonchev–Trinajstić information content (AvgIpc) is 3.05. The summed E-state index contributed by atoms with van der Waals surface area (Å²) in [7, 11) is 1.90. The maximum Gasteiger partial charge on any atom is 0.223 e. The molecule has 0 aliphatic rings. The molecule has 0 aliphatic heterocycles. The van der Waals surface area contributed by atoms with Gasteiger partial charge in [0.2, 0.25) is 5.95 Å². The van der Waals surface area contributed by atoms with E-state index in [1.165, 1.54) is 11.3 Å². The number of likely N-dealkylation sites (N-methyl/N-ethyl adjacent to an activating group) is 1. The van der Waals surface area contributed by atoms with Gasteiger partial charge in [0.25, 0.3) is 0 Å². The minimum absolute atomic E-state index is 0.640. The molecular weight excluding hydrogens is 312 g/mol. The van der Waals surface area contributed by atoms with Gasteiger partial charge in [0.15, 0.2) is 0 Å². The van der Waals surface area contributed by atoms with Crippen LogP contribution in [0.2, 0.25) is 0 Å². The second-order valence-electron chi connectivity index (χ2n) is 6.01. The fraction of sp³-hybridized carbons (Fsp3) is 0.316. The van der Waals surface area contributed by atoms with Gasteiger partial charge in [0, 0.05) is 50.3 Å². The number of benzene rings is 1. The van der Waals surface area contributed by atoms with Crippen molar-refractivity contribution >= 4 is 11.6 Å². The molecule has 25 heavy (non-hydrogen) atoms. The molecule has 0 saturated carbocycles. The largest absolute Gasteiger partial charge is 0.370 e. The van der Waals surface area contributed by atoms with Crippen LogP contribution < -0.4 is 10.2 Å². The Hall–Kier alpha value is -2.89. The molecule has 6 nitrogen and oxygen atoms in total. The van der Waals surface area contributed by atoms with Crippen LogP contribution in [0.1, 0.15) is 12.5 Å². The van der Waals surface area contributed by atoms with E-state index >= 15 is 0 Å². The first-order valence-electron chi connectivity index (χ1n) is 8.53. The number of nitrogens with one attached hydrogen (secondary N) is 1. The summed E-state index contributed by atoms with van der Waals surface area (Å²) in [5, 5.41) is 7.51. The van der Waals surface area contributed by atoms with Crippen molar-refractivity contribution < 1.29 is 0 Å². The third kappa shape index (κ3) is 4.35. The van der Waals surface area contributed by atoms with Gasteiger partial charge in [-0.2, -0.15) is 5.10 Å². The van der Waals surface area contributed by atoms with Gasteiger partial charge in [-0.1, -0.05) is 12.1 Å². The molecule has 0 radical (unpaired) electrons. The van der Waals surface area contributed by atoms with Crippen molar-refractivity contribution in [2.45, 2.75) is 13.8 Å². The zero-order valence-corrected chi connectivity index (χ0v) is 15.0. The molecule has 0 unspecified atom stereocenters. The van der Waals surface area contributed by atoms with Crippen LogP contribution in [0.5, 0.6) is 0 Å². The summed E-state index contributed by atoms with van der Waals surface area (Å²) in [6, 6.07) is 10.5. The highest BCUT2D eigenvalue weighted by atomic mass is 15.2. The van der Waals surface area contributed by atoms with Crippen LogP contribution in [0.3, 0.4) is 0 Å². The van der Waals surface area contributed by atoms with Crippen molar-refractivity contribution in [2.24, 2.45) is 7.05 Å². The number of anilines is 2. The first-order chi connectivity index (χ1) is 12.2. The standard InChI is InChI=1S/C19H24N6/c1-4-25(17-7-5-6-15(2)12-17)11-10-21-19-20-9-8-18(23-19)16-13-22-24(3)14-16/h5-9,12-14H,4,10-11H2,1-3H3,(H,20,21,23). The van der Waals surface area contributed by atoms with E-state index in [1.54, 1.807) is 10.9 Å². The topological polar surface area (TPSA) is 58.9 Å². The highest BCUT2D eigenvalue weighted by Crippen LogP contribution is 2.17. The van der Waals surface area contributed by atoms with Crippen LogP contribution in [-0.4, -0.2) is 39.4 Å². The summed E-state index contributed by atoms with van der Waals surface area (Å²) in [5.41, 5.74) is 4.38. The smallest absolute Gasteiger partial charge is 0.223 e. The van der Waals surface area contributed by atoms with Crippen molar-refractivity contribution in [3.8, 4) is 11.3 Å². The Morgan fingerprint density at radius 1 is 1.24 bits per heavy atom. The van der Waals surface area contributed by atoms with E-state index in [2.05, 4.69) is 63.4 Å². The number of rotatable bonds is 7. The molecule has 130 valence electrons. The number of aryl methyl sites for hydroxylation is 2. The average molecular weight is 336 g/mol. The molecular formula is C19H24N6. The summed E-state index contributed by atoms with van der Waals surface area (Å²) in [5.74, 6) is 0.640. The summed E-state index contributed by atoms with van der Waals surface area (Å²) in [6.07, 6.45) is 5.53. The fourth-order valence-corrected chi connectivity index (χ4v) is 2.76.